The molecule has 8 nitrogen and oxygen atoms in total. The van der Waals surface area contributed by atoms with Crippen molar-refractivity contribution in [3.8, 4) is 22.8 Å². The quantitative estimate of drug-likeness (QED) is 0.350. The predicted octanol–water partition coefficient (Wildman–Crippen LogP) is 4.57. The Balaban J connectivity index is 1.30. The topological polar surface area (TPSA) is 91.2 Å². The van der Waals surface area contributed by atoms with E-state index in [4.69, 9.17) is 9.47 Å². The van der Waals surface area contributed by atoms with E-state index in [-0.39, 0.29) is 18.3 Å². The summed E-state index contributed by atoms with van der Waals surface area (Å²) < 4.78 is 12.7. The van der Waals surface area contributed by atoms with Gasteiger partial charge in [0, 0.05) is 17.5 Å². The lowest BCUT2D eigenvalue weighted by Crippen LogP contribution is -2.14. The van der Waals surface area contributed by atoms with Gasteiger partial charge in [0.25, 0.3) is 0 Å². The average Bonchev–Trinajstić information content (AvgIpc) is 3.38. The van der Waals surface area contributed by atoms with Gasteiger partial charge in [-0.05, 0) is 31.2 Å². The summed E-state index contributed by atoms with van der Waals surface area (Å²) in [7, 11) is 3.47. The van der Waals surface area contributed by atoms with Gasteiger partial charge in [0.15, 0.2) is 16.1 Å². The van der Waals surface area contributed by atoms with Crippen LogP contribution in [0.15, 0.2) is 59.8 Å². The summed E-state index contributed by atoms with van der Waals surface area (Å²) in [5.74, 6) is 2.19. The van der Waals surface area contributed by atoms with Crippen molar-refractivity contribution in [2.75, 3.05) is 18.2 Å². The van der Waals surface area contributed by atoms with E-state index in [0.717, 1.165) is 21.9 Å². The fourth-order valence-corrected chi connectivity index (χ4v) is 4.60. The Morgan fingerprint density at radius 1 is 1.09 bits per heavy atom. The van der Waals surface area contributed by atoms with E-state index in [1.165, 1.54) is 23.1 Å². The average molecular weight is 482 g/mol. The lowest BCUT2D eigenvalue weighted by Gasteiger charge is -2.07. The molecule has 4 aromatic rings. The van der Waals surface area contributed by atoms with Crippen molar-refractivity contribution in [2.24, 2.45) is 7.05 Å². The van der Waals surface area contributed by atoms with E-state index in [0.29, 0.717) is 21.9 Å². The fourth-order valence-electron chi connectivity index (χ4n) is 3.02. The van der Waals surface area contributed by atoms with E-state index in [9.17, 15) is 4.79 Å². The minimum atomic E-state index is -0.146. The number of anilines is 1. The van der Waals surface area contributed by atoms with Crippen molar-refractivity contribution in [3.05, 3.63) is 65.3 Å². The van der Waals surface area contributed by atoms with Gasteiger partial charge >= 0.3 is 0 Å². The number of aryl methyl sites for hydroxylation is 1. The van der Waals surface area contributed by atoms with Gasteiger partial charge in [-0.2, -0.15) is 0 Å². The van der Waals surface area contributed by atoms with Crippen molar-refractivity contribution in [1.29, 1.82) is 0 Å². The fraction of sp³-hybridized carbons (Fsp3) is 0.217. The Hall–Kier alpha value is -3.37. The summed E-state index contributed by atoms with van der Waals surface area (Å²) in [5.41, 5.74) is 1.92. The molecule has 2 aromatic carbocycles. The first-order valence-electron chi connectivity index (χ1n) is 10.1. The van der Waals surface area contributed by atoms with Gasteiger partial charge in [-0.25, -0.2) is 4.98 Å². The number of carbonyl (C=O) groups excluding carboxylic acids is 1. The molecule has 0 radical (unpaired) electrons. The predicted molar refractivity (Wildman–Crippen MR) is 130 cm³/mol. The van der Waals surface area contributed by atoms with Gasteiger partial charge in [-0.3, -0.25) is 4.79 Å². The van der Waals surface area contributed by atoms with Crippen LogP contribution in [0.4, 0.5) is 5.13 Å². The highest BCUT2D eigenvalue weighted by atomic mass is 32.2. The highest BCUT2D eigenvalue weighted by Crippen LogP contribution is 2.30. The minimum absolute atomic E-state index is 0.146. The van der Waals surface area contributed by atoms with Crippen LogP contribution in [0.25, 0.3) is 11.3 Å². The van der Waals surface area contributed by atoms with Crippen LogP contribution in [0.1, 0.15) is 10.7 Å². The number of rotatable bonds is 9. The molecule has 2 heterocycles. The van der Waals surface area contributed by atoms with Crippen LogP contribution in [0, 0.1) is 6.92 Å². The van der Waals surface area contributed by atoms with Crippen molar-refractivity contribution >= 4 is 34.1 Å². The largest absolute Gasteiger partial charge is 0.497 e. The summed E-state index contributed by atoms with van der Waals surface area (Å²) in [6, 6.07) is 17.3. The highest BCUT2D eigenvalue weighted by molar-refractivity contribution is 7.99. The number of nitrogens with zero attached hydrogens (tertiary/aromatic N) is 4. The Kier molecular flexibility index (Phi) is 7.26. The van der Waals surface area contributed by atoms with Crippen LogP contribution in [0.2, 0.25) is 0 Å². The molecule has 33 heavy (non-hydrogen) atoms. The van der Waals surface area contributed by atoms with E-state index in [1.807, 2.05) is 73.1 Å². The maximum atomic E-state index is 12.5. The molecule has 2 aromatic heterocycles. The van der Waals surface area contributed by atoms with Crippen molar-refractivity contribution < 1.29 is 14.3 Å². The molecule has 0 aliphatic heterocycles. The third-order valence-electron chi connectivity index (χ3n) is 4.77. The third kappa shape index (κ3) is 5.71. The molecule has 0 fully saturated rings. The number of thiazole rings is 1. The molecule has 0 atom stereocenters. The number of hydrogen-bond acceptors (Lipinski definition) is 8. The number of thioether (sulfide) groups is 1. The lowest BCUT2D eigenvalue weighted by molar-refractivity contribution is -0.113. The maximum absolute atomic E-state index is 12.5. The van der Waals surface area contributed by atoms with Crippen LogP contribution in [-0.2, 0) is 18.4 Å². The summed E-state index contributed by atoms with van der Waals surface area (Å²) in [5, 5.41) is 12.5. The molecule has 170 valence electrons. The molecule has 0 saturated heterocycles. The molecule has 0 saturated carbocycles. The molecule has 0 unspecified atom stereocenters. The van der Waals surface area contributed by atoms with Gasteiger partial charge < -0.3 is 19.4 Å². The van der Waals surface area contributed by atoms with E-state index in [1.54, 1.807) is 7.11 Å². The number of aromatic nitrogens is 4. The summed E-state index contributed by atoms with van der Waals surface area (Å²) in [6.45, 7) is 2.27. The van der Waals surface area contributed by atoms with Gasteiger partial charge in [-0.1, -0.05) is 42.1 Å². The second kappa shape index (κ2) is 10.5. The normalized spacial score (nSPS) is 10.8. The zero-order valence-corrected chi connectivity index (χ0v) is 20.1. The standard InChI is InChI=1S/C23H23N5O3S2/c1-15-21(16-7-5-4-6-8-16)25-22(33-15)24-20(29)14-32-23-27-26-19(28(23)2)13-31-18-11-9-17(30-3)10-12-18/h4-12H,13-14H2,1-3H3,(H,24,25,29). The summed E-state index contributed by atoms with van der Waals surface area (Å²) in [6.07, 6.45) is 0. The van der Waals surface area contributed by atoms with Crippen LogP contribution < -0.4 is 14.8 Å². The second-order valence-corrected chi connectivity index (χ2v) is 9.19. The first kappa shape index (κ1) is 22.8. The van der Waals surface area contributed by atoms with Crippen molar-refractivity contribution in [1.82, 2.24) is 19.7 Å². The van der Waals surface area contributed by atoms with Crippen LogP contribution in [0.3, 0.4) is 0 Å². The number of ether oxygens (including phenoxy) is 2. The van der Waals surface area contributed by atoms with Gasteiger partial charge in [0.05, 0.1) is 18.6 Å². The first-order chi connectivity index (χ1) is 16.0. The number of methoxy groups -OCH3 is 1. The Morgan fingerprint density at radius 2 is 1.82 bits per heavy atom. The highest BCUT2D eigenvalue weighted by Gasteiger charge is 2.15. The molecule has 0 aliphatic rings. The maximum Gasteiger partial charge on any atom is 0.236 e. The molecule has 0 aliphatic carbocycles. The lowest BCUT2D eigenvalue weighted by atomic mass is 10.1. The van der Waals surface area contributed by atoms with Crippen molar-refractivity contribution in [3.63, 3.8) is 0 Å². The molecule has 0 bridgehead atoms. The van der Waals surface area contributed by atoms with E-state index >= 15 is 0 Å². The molecule has 1 amide bonds. The first-order valence-corrected chi connectivity index (χ1v) is 11.9. The molecule has 1 N–H and O–H groups in total. The monoisotopic (exact) mass is 481 g/mol. The van der Waals surface area contributed by atoms with Crippen LogP contribution >= 0.6 is 23.1 Å². The second-order valence-electron chi connectivity index (χ2n) is 7.05. The molecular formula is C23H23N5O3S2. The van der Waals surface area contributed by atoms with Crippen molar-refractivity contribution in [2.45, 2.75) is 18.7 Å². The molecular weight excluding hydrogens is 458 g/mol. The van der Waals surface area contributed by atoms with E-state index in [2.05, 4.69) is 20.5 Å². The summed E-state index contributed by atoms with van der Waals surface area (Å²) >= 11 is 2.77. The molecule has 0 spiro atoms. The Bertz CT molecular complexity index is 1220. The minimum Gasteiger partial charge on any atom is -0.497 e. The van der Waals surface area contributed by atoms with Gasteiger partial charge in [0.1, 0.15) is 18.1 Å². The van der Waals surface area contributed by atoms with Crippen LogP contribution in [0.5, 0.6) is 11.5 Å². The Labute approximate surface area is 200 Å². The molecule has 10 heteroatoms. The number of hydrogen-bond donors (Lipinski definition) is 1. The number of benzene rings is 2. The number of nitrogens with one attached hydrogen (secondary N) is 1. The third-order valence-corrected chi connectivity index (χ3v) is 6.68. The zero-order valence-electron chi connectivity index (χ0n) is 18.4. The smallest absolute Gasteiger partial charge is 0.236 e. The number of amides is 1. The van der Waals surface area contributed by atoms with Gasteiger partial charge in [0.2, 0.25) is 5.91 Å². The molecule has 4 rings (SSSR count). The van der Waals surface area contributed by atoms with Crippen LogP contribution in [-0.4, -0.2) is 38.5 Å². The SMILES string of the molecule is COc1ccc(OCc2nnc(SCC(=O)Nc3nc(-c4ccccc4)c(C)s3)n2C)cc1. The summed E-state index contributed by atoms with van der Waals surface area (Å²) in [4.78, 5) is 18.1. The zero-order chi connectivity index (χ0) is 23.2. The van der Waals surface area contributed by atoms with E-state index < -0.39 is 0 Å². The Morgan fingerprint density at radius 3 is 2.55 bits per heavy atom. The van der Waals surface area contributed by atoms with Gasteiger partial charge in [-0.15, -0.1) is 21.5 Å². The number of carbonyl (C=O) groups is 1.